The lowest BCUT2D eigenvalue weighted by Gasteiger charge is -2.07. The number of benzene rings is 2. The zero-order chi connectivity index (χ0) is 14.6. The van der Waals surface area contributed by atoms with Crippen LogP contribution in [0.3, 0.4) is 0 Å². The van der Waals surface area contributed by atoms with E-state index >= 15 is 0 Å². The monoisotopic (exact) mass is 309 g/mol. The molecule has 0 aliphatic carbocycles. The Morgan fingerprint density at radius 1 is 1.00 bits per heavy atom. The summed E-state index contributed by atoms with van der Waals surface area (Å²) < 4.78 is 26.3. The fourth-order valence-corrected chi connectivity index (χ4v) is 3.13. The smallest absolute Gasteiger partial charge is 0.242 e. The standard InChI is InChI=1S/C14H12ClNO3S/c15-12-8-4-5-9-14(12)20(18,19)16-10-13(17)11-6-2-1-3-7-11/h1-9,16H,10H2. The van der Waals surface area contributed by atoms with E-state index in [9.17, 15) is 13.2 Å². The maximum atomic E-state index is 12.0. The summed E-state index contributed by atoms with van der Waals surface area (Å²) in [4.78, 5) is 11.8. The number of rotatable bonds is 5. The van der Waals surface area contributed by atoms with Crippen molar-refractivity contribution in [3.05, 3.63) is 65.2 Å². The summed E-state index contributed by atoms with van der Waals surface area (Å²) >= 11 is 5.84. The molecule has 1 N–H and O–H groups in total. The third-order valence-electron chi connectivity index (χ3n) is 2.64. The molecule has 0 spiro atoms. The molecule has 0 atom stereocenters. The molecule has 0 radical (unpaired) electrons. The van der Waals surface area contributed by atoms with E-state index < -0.39 is 10.0 Å². The summed E-state index contributed by atoms with van der Waals surface area (Å²) in [6, 6.07) is 14.6. The van der Waals surface area contributed by atoms with Crippen molar-refractivity contribution >= 4 is 27.4 Å². The molecule has 6 heteroatoms. The Hall–Kier alpha value is -1.69. The van der Waals surface area contributed by atoms with Crippen LogP contribution in [0.15, 0.2) is 59.5 Å². The van der Waals surface area contributed by atoms with Gasteiger partial charge in [-0.2, -0.15) is 0 Å². The Kier molecular flexibility index (Phi) is 4.54. The topological polar surface area (TPSA) is 63.2 Å². The van der Waals surface area contributed by atoms with E-state index in [2.05, 4.69) is 4.72 Å². The van der Waals surface area contributed by atoms with Crippen LogP contribution in [0.4, 0.5) is 0 Å². The van der Waals surface area contributed by atoms with Gasteiger partial charge in [0.2, 0.25) is 10.0 Å². The van der Waals surface area contributed by atoms with Crippen LogP contribution in [-0.4, -0.2) is 20.7 Å². The van der Waals surface area contributed by atoms with Gasteiger partial charge in [0.15, 0.2) is 5.78 Å². The Balaban J connectivity index is 2.11. The van der Waals surface area contributed by atoms with Gasteiger partial charge < -0.3 is 0 Å². The SMILES string of the molecule is O=C(CNS(=O)(=O)c1ccccc1Cl)c1ccccc1. The number of carbonyl (C=O) groups is 1. The first-order valence-corrected chi connectivity index (χ1v) is 7.69. The van der Waals surface area contributed by atoms with E-state index in [-0.39, 0.29) is 22.2 Å². The van der Waals surface area contributed by atoms with Gasteiger partial charge in [0.25, 0.3) is 0 Å². The second-order valence-electron chi connectivity index (χ2n) is 4.04. The van der Waals surface area contributed by atoms with E-state index in [1.54, 1.807) is 42.5 Å². The second-order valence-corrected chi connectivity index (χ2v) is 6.19. The van der Waals surface area contributed by atoms with Crippen LogP contribution < -0.4 is 4.72 Å². The molecule has 2 aromatic carbocycles. The highest BCUT2D eigenvalue weighted by Crippen LogP contribution is 2.19. The van der Waals surface area contributed by atoms with Crippen molar-refractivity contribution in [3.8, 4) is 0 Å². The highest BCUT2D eigenvalue weighted by atomic mass is 35.5. The van der Waals surface area contributed by atoms with Gasteiger partial charge in [-0.25, -0.2) is 13.1 Å². The fourth-order valence-electron chi connectivity index (χ4n) is 1.63. The van der Waals surface area contributed by atoms with Gasteiger partial charge in [-0.15, -0.1) is 0 Å². The molecule has 104 valence electrons. The lowest BCUT2D eigenvalue weighted by molar-refractivity contribution is 0.0997. The minimum Gasteiger partial charge on any atom is -0.293 e. The molecule has 0 amide bonds. The van der Waals surface area contributed by atoms with Gasteiger partial charge in [-0.1, -0.05) is 54.1 Å². The lowest BCUT2D eigenvalue weighted by Crippen LogP contribution is -2.29. The van der Waals surface area contributed by atoms with Crippen LogP contribution >= 0.6 is 11.6 Å². The first-order chi connectivity index (χ1) is 9.50. The number of hydrogen-bond donors (Lipinski definition) is 1. The van der Waals surface area contributed by atoms with Gasteiger partial charge in [-0.05, 0) is 12.1 Å². The van der Waals surface area contributed by atoms with Crippen molar-refractivity contribution in [2.75, 3.05) is 6.54 Å². The largest absolute Gasteiger partial charge is 0.293 e. The molecule has 0 bridgehead atoms. The molecule has 0 saturated carbocycles. The zero-order valence-corrected chi connectivity index (χ0v) is 12.0. The predicted octanol–water partition coefficient (Wildman–Crippen LogP) is 2.50. The summed E-state index contributed by atoms with van der Waals surface area (Å²) in [5.74, 6) is -0.304. The summed E-state index contributed by atoms with van der Waals surface area (Å²) in [5, 5.41) is 0.118. The number of carbonyl (C=O) groups excluding carboxylic acids is 1. The molecule has 0 aromatic heterocycles. The van der Waals surface area contributed by atoms with Crippen LogP contribution in [0.25, 0.3) is 0 Å². The molecular formula is C14H12ClNO3S. The van der Waals surface area contributed by atoms with E-state index in [0.717, 1.165) is 0 Å². The van der Waals surface area contributed by atoms with E-state index in [0.29, 0.717) is 5.56 Å². The van der Waals surface area contributed by atoms with Crippen molar-refractivity contribution in [1.82, 2.24) is 4.72 Å². The van der Waals surface area contributed by atoms with Gasteiger partial charge in [0.1, 0.15) is 4.90 Å². The quantitative estimate of drug-likeness (QED) is 0.863. The number of sulfonamides is 1. The van der Waals surface area contributed by atoms with Gasteiger partial charge in [-0.3, -0.25) is 4.79 Å². The van der Waals surface area contributed by atoms with Crippen molar-refractivity contribution in [3.63, 3.8) is 0 Å². The molecule has 0 fully saturated rings. The molecule has 2 rings (SSSR count). The number of Topliss-reactive ketones (excluding diaryl/α,β-unsaturated/α-hetero) is 1. The van der Waals surface area contributed by atoms with Gasteiger partial charge in [0.05, 0.1) is 11.6 Å². The third kappa shape index (κ3) is 3.45. The Labute approximate surface area is 122 Å². The maximum Gasteiger partial charge on any atom is 0.242 e. The summed E-state index contributed by atoms with van der Waals surface area (Å²) in [5.41, 5.74) is 0.453. The molecule has 4 nitrogen and oxygen atoms in total. The Bertz CT molecular complexity index is 714. The minimum atomic E-state index is -3.80. The molecule has 0 unspecified atom stereocenters. The van der Waals surface area contributed by atoms with E-state index in [1.807, 2.05) is 0 Å². The highest BCUT2D eigenvalue weighted by molar-refractivity contribution is 7.89. The minimum absolute atomic E-state index is 0.0393. The van der Waals surface area contributed by atoms with Crippen molar-refractivity contribution in [1.29, 1.82) is 0 Å². The normalized spacial score (nSPS) is 11.2. The first-order valence-electron chi connectivity index (χ1n) is 5.83. The van der Waals surface area contributed by atoms with E-state index in [1.165, 1.54) is 12.1 Å². The zero-order valence-electron chi connectivity index (χ0n) is 10.4. The van der Waals surface area contributed by atoms with Crippen molar-refractivity contribution < 1.29 is 13.2 Å². The van der Waals surface area contributed by atoms with Crippen LogP contribution in [0.5, 0.6) is 0 Å². The molecular weight excluding hydrogens is 298 g/mol. The number of ketones is 1. The van der Waals surface area contributed by atoms with Crippen molar-refractivity contribution in [2.24, 2.45) is 0 Å². The number of halogens is 1. The Morgan fingerprint density at radius 2 is 1.60 bits per heavy atom. The predicted molar refractivity (Wildman–Crippen MR) is 77.4 cm³/mol. The maximum absolute atomic E-state index is 12.0. The second kappa shape index (κ2) is 6.17. The first kappa shape index (κ1) is 14.7. The molecule has 0 heterocycles. The van der Waals surface area contributed by atoms with Crippen LogP contribution in [0.2, 0.25) is 5.02 Å². The van der Waals surface area contributed by atoms with Crippen molar-refractivity contribution in [2.45, 2.75) is 4.90 Å². The van der Waals surface area contributed by atoms with Crippen LogP contribution in [0.1, 0.15) is 10.4 Å². The van der Waals surface area contributed by atoms with E-state index in [4.69, 9.17) is 11.6 Å². The van der Waals surface area contributed by atoms with Gasteiger partial charge in [0, 0.05) is 5.56 Å². The summed E-state index contributed by atoms with van der Waals surface area (Å²) in [6.45, 7) is -0.308. The molecule has 20 heavy (non-hydrogen) atoms. The molecule has 0 saturated heterocycles. The van der Waals surface area contributed by atoms with Crippen LogP contribution in [0, 0.1) is 0 Å². The summed E-state index contributed by atoms with van der Waals surface area (Å²) in [7, 11) is -3.80. The average molecular weight is 310 g/mol. The number of nitrogens with one attached hydrogen (secondary N) is 1. The lowest BCUT2D eigenvalue weighted by atomic mass is 10.1. The van der Waals surface area contributed by atoms with Gasteiger partial charge >= 0.3 is 0 Å². The number of hydrogen-bond acceptors (Lipinski definition) is 3. The third-order valence-corrected chi connectivity index (χ3v) is 4.55. The molecule has 2 aromatic rings. The highest BCUT2D eigenvalue weighted by Gasteiger charge is 2.18. The Morgan fingerprint density at radius 3 is 2.25 bits per heavy atom. The fraction of sp³-hybridized carbons (Fsp3) is 0.0714. The average Bonchev–Trinajstić information content (AvgIpc) is 2.46. The molecule has 0 aliphatic heterocycles. The molecule has 0 aliphatic rings. The summed E-state index contributed by atoms with van der Waals surface area (Å²) in [6.07, 6.45) is 0. The van der Waals surface area contributed by atoms with Crippen LogP contribution in [-0.2, 0) is 10.0 Å².